The molecule has 0 bridgehead atoms. The molecule has 0 unspecified atom stereocenters. The second-order valence-electron chi connectivity index (χ2n) is 8.40. The van der Waals surface area contributed by atoms with Crippen LogP contribution in [0.3, 0.4) is 0 Å². The second kappa shape index (κ2) is 11.0. The molecule has 0 fully saturated rings. The van der Waals surface area contributed by atoms with Crippen LogP contribution >= 0.6 is 15.9 Å². The largest absolute Gasteiger partial charge is 0.463 e. The molecule has 0 aliphatic rings. The van der Waals surface area contributed by atoms with Gasteiger partial charge in [-0.05, 0) is 41.0 Å². The SMILES string of the molecule is CC(C)(CN)c1ccc(/C(C#N)=C/c2ccc(Br)cc2)cc1.NC(=O)c1coc2ccccc12. The summed E-state index contributed by atoms with van der Waals surface area (Å²) < 4.78 is 6.13. The van der Waals surface area contributed by atoms with E-state index >= 15 is 0 Å². The lowest BCUT2D eigenvalue weighted by molar-refractivity contribution is 0.100. The standard InChI is InChI=1S/C19H19BrN2.C9H7NO2/c1-19(2,13-22)17-7-5-15(6-8-17)16(12-21)11-14-3-9-18(20)10-4-14;10-9(11)7-5-12-8-4-2-1-3-6(7)8/h3-11H,13,22H2,1-2H3;1-5H,(H2,10,11)/b16-11+;. The van der Waals surface area contributed by atoms with Crippen molar-refractivity contribution in [3.05, 3.63) is 106 Å². The molecule has 4 aromatic rings. The van der Waals surface area contributed by atoms with Gasteiger partial charge in [0.05, 0.1) is 17.2 Å². The van der Waals surface area contributed by atoms with Crippen LogP contribution in [0, 0.1) is 11.3 Å². The van der Waals surface area contributed by atoms with Crippen LogP contribution < -0.4 is 11.5 Å². The summed E-state index contributed by atoms with van der Waals surface area (Å²) in [6.45, 7) is 4.82. The molecule has 0 atom stereocenters. The van der Waals surface area contributed by atoms with E-state index < -0.39 is 5.91 Å². The fraction of sp³-hybridized carbons (Fsp3) is 0.143. The lowest BCUT2D eigenvalue weighted by Crippen LogP contribution is -2.27. The van der Waals surface area contributed by atoms with Gasteiger partial charge >= 0.3 is 0 Å². The molecule has 0 aliphatic heterocycles. The summed E-state index contributed by atoms with van der Waals surface area (Å²) in [4.78, 5) is 10.8. The van der Waals surface area contributed by atoms with E-state index in [-0.39, 0.29) is 5.41 Å². The van der Waals surface area contributed by atoms with E-state index in [0.29, 0.717) is 23.3 Å². The Kier molecular flexibility index (Phi) is 8.06. The highest BCUT2D eigenvalue weighted by atomic mass is 79.9. The van der Waals surface area contributed by atoms with E-state index in [1.807, 2.05) is 54.6 Å². The van der Waals surface area contributed by atoms with Gasteiger partial charge in [0.2, 0.25) is 0 Å². The quantitative estimate of drug-likeness (QED) is 0.240. The molecular formula is C28H26BrN3O2. The van der Waals surface area contributed by atoms with Gasteiger partial charge in [-0.15, -0.1) is 0 Å². The second-order valence-corrected chi connectivity index (χ2v) is 9.31. The first kappa shape index (κ1) is 25.0. The number of nitrogens with zero attached hydrogens (tertiary/aromatic N) is 1. The van der Waals surface area contributed by atoms with Gasteiger partial charge in [0.15, 0.2) is 0 Å². The monoisotopic (exact) mass is 515 g/mol. The van der Waals surface area contributed by atoms with Gasteiger partial charge < -0.3 is 15.9 Å². The highest BCUT2D eigenvalue weighted by molar-refractivity contribution is 9.10. The molecule has 172 valence electrons. The average Bonchev–Trinajstić information content (AvgIpc) is 3.29. The number of nitriles is 1. The van der Waals surface area contributed by atoms with Crippen molar-refractivity contribution in [3.63, 3.8) is 0 Å². The first-order valence-electron chi connectivity index (χ1n) is 10.7. The molecule has 0 saturated heterocycles. The Morgan fingerprint density at radius 1 is 1.06 bits per heavy atom. The zero-order chi connectivity index (χ0) is 24.7. The minimum absolute atomic E-state index is 0.0548. The number of para-hydroxylation sites is 1. The van der Waals surface area contributed by atoms with Gasteiger partial charge in [-0.1, -0.05) is 84.4 Å². The number of allylic oxidation sites excluding steroid dienone is 1. The van der Waals surface area contributed by atoms with E-state index in [1.165, 1.54) is 11.8 Å². The molecule has 1 amide bonds. The van der Waals surface area contributed by atoms with Crippen LogP contribution in [-0.2, 0) is 5.41 Å². The molecule has 0 spiro atoms. The molecule has 0 saturated carbocycles. The number of carbonyl (C=O) groups excluding carboxylic acids is 1. The highest BCUT2D eigenvalue weighted by Gasteiger charge is 2.18. The van der Waals surface area contributed by atoms with E-state index in [2.05, 4.69) is 48.0 Å². The lowest BCUT2D eigenvalue weighted by atomic mass is 9.84. The van der Waals surface area contributed by atoms with Crippen molar-refractivity contribution in [2.45, 2.75) is 19.3 Å². The summed E-state index contributed by atoms with van der Waals surface area (Å²) in [6, 6.07) is 25.5. The van der Waals surface area contributed by atoms with Crippen LogP contribution in [0.25, 0.3) is 22.6 Å². The summed E-state index contributed by atoms with van der Waals surface area (Å²) in [5, 5.41) is 10.2. The normalized spacial score (nSPS) is 11.4. The minimum Gasteiger partial charge on any atom is -0.463 e. The summed E-state index contributed by atoms with van der Waals surface area (Å²) >= 11 is 3.41. The van der Waals surface area contributed by atoms with Crippen molar-refractivity contribution in [2.24, 2.45) is 11.5 Å². The number of fused-ring (bicyclic) bond motifs is 1. The van der Waals surface area contributed by atoms with Crippen LogP contribution in [0.1, 0.15) is 40.9 Å². The number of furan rings is 1. The van der Waals surface area contributed by atoms with Crippen molar-refractivity contribution in [3.8, 4) is 6.07 Å². The van der Waals surface area contributed by atoms with Gasteiger partial charge in [-0.3, -0.25) is 4.79 Å². The van der Waals surface area contributed by atoms with E-state index in [9.17, 15) is 10.1 Å². The Morgan fingerprint density at radius 2 is 1.71 bits per heavy atom. The summed E-state index contributed by atoms with van der Waals surface area (Å²) in [5.41, 5.74) is 15.8. The van der Waals surface area contributed by atoms with Crippen LogP contribution in [0.2, 0.25) is 0 Å². The number of hydrogen-bond acceptors (Lipinski definition) is 4. The van der Waals surface area contributed by atoms with E-state index in [4.69, 9.17) is 15.9 Å². The molecule has 6 heteroatoms. The number of primary amides is 1. The molecule has 1 aromatic heterocycles. The maximum Gasteiger partial charge on any atom is 0.252 e. The Balaban J connectivity index is 0.000000226. The van der Waals surface area contributed by atoms with Crippen LogP contribution in [-0.4, -0.2) is 12.5 Å². The third kappa shape index (κ3) is 6.02. The van der Waals surface area contributed by atoms with Gasteiger partial charge in [0.1, 0.15) is 11.8 Å². The fourth-order valence-corrected chi connectivity index (χ4v) is 3.56. The molecular weight excluding hydrogens is 490 g/mol. The predicted octanol–water partition coefficient (Wildman–Crippen LogP) is 6.28. The lowest BCUT2D eigenvalue weighted by Gasteiger charge is -2.23. The topological polar surface area (TPSA) is 106 Å². The first-order chi connectivity index (χ1) is 16.2. The van der Waals surface area contributed by atoms with Crippen molar-refractivity contribution in [1.82, 2.24) is 0 Å². The average molecular weight is 516 g/mol. The van der Waals surface area contributed by atoms with Crippen molar-refractivity contribution in [1.29, 1.82) is 5.26 Å². The number of benzene rings is 3. The minimum atomic E-state index is -0.458. The van der Waals surface area contributed by atoms with Crippen molar-refractivity contribution < 1.29 is 9.21 Å². The third-order valence-electron chi connectivity index (χ3n) is 5.54. The molecule has 5 nitrogen and oxygen atoms in total. The molecule has 0 radical (unpaired) electrons. The third-order valence-corrected chi connectivity index (χ3v) is 6.06. The van der Waals surface area contributed by atoms with E-state index in [1.54, 1.807) is 12.1 Å². The summed E-state index contributed by atoms with van der Waals surface area (Å²) in [6.07, 6.45) is 3.28. The molecule has 34 heavy (non-hydrogen) atoms. The van der Waals surface area contributed by atoms with Crippen molar-refractivity contribution >= 4 is 44.5 Å². The Hall–Kier alpha value is -3.66. The van der Waals surface area contributed by atoms with Crippen LogP contribution in [0.15, 0.2) is 87.9 Å². The van der Waals surface area contributed by atoms with Crippen molar-refractivity contribution in [2.75, 3.05) is 6.54 Å². The maximum atomic E-state index is 10.8. The van der Waals surface area contributed by atoms with Gasteiger partial charge in [0, 0.05) is 21.8 Å². The van der Waals surface area contributed by atoms with Gasteiger partial charge in [-0.25, -0.2) is 0 Å². The molecule has 4 N–H and O–H groups in total. The summed E-state index contributed by atoms with van der Waals surface area (Å²) in [5.74, 6) is -0.458. The number of carbonyl (C=O) groups is 1. The Bertz CT molecular complexity index is 1350. The zero-order valence-electron chi connectivity index (χ0n) is 19.1. The predicted molar refractivity (Wildman–Crippen MR) is 141 cm³/mol. The number of hydrogen-bond donors (Lipinski definition) is 2. The fourth-order valence-electron chi connectivity index (χ4n) is 3.29. The first-order valence-corrected chi connectivity index (χ1v) is 11.5. The Morgan fingerprint density at radius 3 is 2.29 bits per heavy atom. The number of rotatable bonds is 5. The van der Waals surface area contributed by atoms with Gasteiger partial charge in [-0.2, -0.15) is 5.26 Å². The maximum absolute atomic E-state index is 10.8. The smallest absolute Gasteiger partial charge is 0.252 e. The number of nitrogens with two attached hydrogens (primary N) is 2. The molecule has 3 aromatic carbocycles. The number of amides is 1. The summed E-state index contributed by atoms with van der Waals surface area (Å²) in [7, 11) is 0. The number of halogens is 1. The molecule has 1 heterocycles. The van der Waals surface area contributed by atoms with E-state index in [0.717, 1.165) is 21.0 Å². The molecule has 0 aliphatic carbocycles. The van der Waals surface area contributed by atoms with Crippen LogP contribution in [0.5, 0.6) is 0 Å². The van der Waals surface area contributed by atoms with Crippen LogP contribution in [0.4, 0.5) is 0 Å². The zero-order valence-corrected chi connectivity index (χ0v) is 20.7. The molecule has 4 rings (SSSR count). The Labute approximate surface area is 207 Å². The van der Waals surface area contributed by atoms with Gasteiger partial charge in [0.25, 0.3) is 5.91 Å². The highest BCUT2D eigenvalue weighted by Crippen LogP contribution is 2.25.